The number of amides is 3. The fraction of sp³-hybridized carbons (Fsp3) is 0.227. The molecule has 3 heterocycles. The van der Waals surface area contributed by atoms with Crippen molar-refractivity contribution in [2.45, 2.75) is 12.8 Å². The number of anilines is 1. The summed E-state index contributed by atoms with van der Waals surface area (Å²) in [5, 5.41) is 7.06. The van der Waals surface area contributed by atoms with Gasteiger partial charge < -0.3 is 10.2 Å². The number of rotatable bonds is 7. The molecule has 1 aliphatic rings. The lowest BCUT2D eigenvalue weighted by atomic mass is 10.1. The second kappa shape index (κ2) is 11.5. The number of nitrogens with one attached hydrogen (secondary N) is 2. The van der Waals surface area contributed by atoms with E-state index in [9.17, 15) is 18.8 Å². The molecular formula is C22H18Br2ClFN6O4. The van der Waals surface area contributed by atoms with Gasteiger partial charge in [-0.05, 0) is 69.0 Å². The van der Waals surface area contributed by atoms with E-state index in [2.05, 4.69) is 52.7 Å². The highest BCUT2D eigenvalue weighted by molar-refractivity contribution is 9.10. The average Bonchev–Trinajstić information content (AvgIpc) is 3.51. The molecule has 4 rings (SSSR count). The highest BCUT2D eigenvalue weighted by atomic mass is 79.9. The molecule has 0 spiro atoms. The van der Waals surface area contributed by atoms with Crippen molar-refractivity contribution < 1.29 is 23.6 Å². The molecule has 188 valence electrons. The topological polar surface area (TPSA) is 118 Å². The van der Waals surface area contributed by atoms with Crippen LogP contribution in [0.4, 0.5) is 10.1 Å². The Morgan fingerprint density at radius 1 is 1.14 bits per heavy atom. The van der Waals surface area contributed by atoms with Gasteiger partial charge in [-0.25, -0.2) is 19.5 Å². The number of nitrogens with zero attached hydrogens (tertiary/aromatic N) is 4. The Labute approximate surface area is 226 Å². The predicted molar refractivity (Wildman–Crippen MR) is 135 cm³/mol. The summed E-state index contributed by atoms with van der Waals surface area (Å²) < 4.78 is 15.8. The second-order valence-corrected chi connectivity index (χ2v) is 9.72. The van der Waals surface area contributed by atoms with E-state index in [0.717, 1.165) is 25.0 Å². The van der Waals surface area contributed by atoms with Crippen LogP contribution in [-0.4, -0.2) is 57.1 Å². The standard InChI is InChI=1S/C22H18Br2ClFN6O4/c23-14-9-12(26)8-13(21(34)30-36-11-18(33)31-6-1-2-7-31)19(14)28-22(35)16-10-17(24)29-32(16)20-15(25)4-3-5-27-20/h3-5,8-10H,1-2,6-7,11H2,(H,28,35)(H,30,34). The van der Waals surface area contributed by atoms with Crippen molar-refractivity contribution in [1.82, 2.24) is 25.1 Å². The number of hydrogen-bond acceptors (Lipinski definition) is 6. The van der Waals surface area contributed by atoms with Gasteiger partial charge in [0.2, 0.25) is 0 Å². The Morgan fingerprint density at radius 3 is 2.61 bits per heavy atom. The molecular weight excluding hydrogens is 627 g/mol. The second-order valence-electron chi connectivity index (χ2n) is 7.64. The normalized spacial score (nSPS) is 13.1. The maximum absolute atomic E-state index is 14.1. The minimum Gasteiger partial charge on any atom is -0.341 e. The van der Waals surface area contributed by atoms with Gasteiger partial charge in [-0.15, -0.1) is 0 Å². The van der Waals surface area contributed by atoms with Crippen LogP contribution in [0.5, 0.6) is 0 Å². The lowest BCUT2D eigenvalue weighted by Crippen LogP contribution is -2.35. The fourth-order valence-electron chi connectivity index (χ4n) is 3.54. The molecule has 1 fully saturated rings. The van der Waals surface area contributed by atoms with E-state index in [1.165, 1.54) is 16.9 Å². The van der Waals surface area contributed by atoms with E-state index in [0.29, 0.717) is 17.7 Å². The van der Waals surface area contributed by atoms with Gasteiger partial charge in [-0.1, -0.05) is 11.6 Å². The number of pyridine rings is 1. The summed E-state index contributed by atoms with van der Waals surface area (Å²) in [6.45, 7) is 0.904. The van der Waals surface area contributed by atoms with Crippen LogP contribution in [0.3, 0.4) is 0 Å². The number of carbonyl (C=O) groups excluding carboxylic acids is 3. The van der Waals surface area contributed by atoms with Gasteiger partial charge in [-0.2, -0.15) is 5.10 Å². The molecule has 1 aliphatic heterocycles. The lowest BCUT2D eigenvalue weighted by molar-refractivity contribution is -0.136. The Hall–Kier alpha value is -2.87. The molecule has 3 aromatic rings. The molecule has 0 aliphatic carbocycles. The van der Waals surface area contributed by atoms with E-state index in [-0.39, 0.29) is 44.8 Å². The predicted octanol–water partition coefficient (Wildman–Crippen LogP) is 4.12. The molecule has 10 nitrogen and oxygen atoms in total. The van der Waals surface area contributed by atoms with Gasteiger partial charge in [0.15, 0.2) is 12.4 Å². The van der Waals surface area contributed by atoms with Crippen LogP contribution < -0.4 is 10.8 Å². The molecule has 14 heteroatoms. The van der Waals surface area contributed by atoms with Gasteiger partial charge in [0.25, 0.3) is 17.7 Å². The zero-order chi connectivity index (χ0) is 25.8. The fourth-order valence-corrected chi connectivity index (χ4v) is 4.65. The first-order valence-electron chi connectivity index (χ1n) is 10.6. The maximum Gasteiger partial charge on any atom is 0.277 e. The van der Waals surface area contributed by atoms with Gasteiger partial charge in [-0.3, -0.25) is 19.2 Å². The SMILES string of the molecule is O=C(NOCC(=O)N1CCCC1)c1cc(F)cc(Br)c1NC(=O)c1cc(Br)nn1-c1ncccc1Cl. The van der Waals surface area contributed by atoms with E-state index in [1.54, 1.807) is 17.0 Å². The summed E-state index contributed by atoms with van der Waals surface area (Å²) in [5.74, 6) is -2.33. The van der Waals surface area contributed by atoms with E-state index in [1.807, 2.05) is 0 Å². The smallest absolute Gasteiger partial charge is 0.277 e. The zero-order valence-electron chi connectivity index (χ0n) is 18.4. The molecule has 0 bridgehead atoms. The molecule has 2 N–H and O–H groups in total. The molecule has 1 saturated heterocycles. The number of aromatic nitrogens is 3. The van der Waals surface area contributed by atoms with E-state index < -0.39 is 17.6 Å². The van der Waals surface area contributed by atoms with Gasteiger partial charge >= 0.3 is 0 Å². The van der Waals surface area contributed by atoms with Crippen molar-refractivity contribution >= 4 is 66.9 Å². The van der Waals surface area contributed by atoms with Crippen molar-refractivity contribution in [3.63, 3.8) is 0 Å². The largest absolute Gasteiger partial charge is 0.341 e. The zero-order valence-corrected chi connectivity index (χ0v) is 22.4. The van der Waals surface area contributed by atoms with Crippen molar-refractivity contribution in [2.75, 3.05) is 25.0 Å². The van der Waals surface area contributed by atoms with Crippen LogP contribution in [0.25, 0.3) is 5.82 Å². The summed E-state index contributed by atoms with van der Waals surface area (Å²) >= 11 is 12.6. The third-order valence-corrected chi connectivity index (χ3v) is 6.52. The van der Waals surface area contributed by atoms with Crippen LogP contribution >= 0.6 is 43.5 Å². The van der Waals surface area contributed by atoms with E-state index >= 15 is 0 Å². The van der Waals surface area contributed by atoms with Crippen molar-refractivity contribution in [3.05, 3.63) is 67.7 Å². The first-order valence-corrected chi connectivity index (χ1v) is 12.6. The average molecular weight is 645 g/mol. The minimum atomic E-state index is -0.859. The maximum atomic E-state index is 14.1. The summed E-state index contributed by atoms with van der Waals surface area (Å²) in [6.07, 6.45) is 3.33. The van der Waals surface area contributed by atoms with Gasteiger partial charge in [0, 0.05) is 29.8 Å². The number of halogens is 4. The Balaban J connectivity index is 1.54. The summed E-state index contributed by atoms with van der Waals surface area (Å²) in [5.41, 5.74) is 1.92. The quantitative estimate of drug-likeness (QED) is 0.374. The highest BCUT2D eigenvalue weighted by Crippen LogP contribution is 2.30. The molecule has 3 amide bonds. The number of likely N-dealkylation sites (tertiary alicyclic amines) is 1. The highest BCUT2D eigenvalue weighted by Gasteiger charge is 2.24. The number of hydroxylamine groups is 1. The third-order valence-electron chi connectivity index (χ3n) is 5.21. The first-order chi connectivity index (χ1) is 17.2. The first kappa shape index (κ1) is 26.2. The number of carbonyl (C=O) groups is 3. The molecule has 0 saturated carbocycles. The number of hydrogen-bond donors (Lipinski definition) is 2. The minimum absolute atomic E-state index is 0.0237. The Bertz CT molecular complexity index is 1330. The van der Waals surface area contributed by atoms with Crippen LogP contribution in [0.15, 0.2) is 45.6 Å². The Kier molecular flexibility index (Phi) is 8.34. The molecule has 2 aromatic heterocycles. The van der Waals surface area contributed by atoms with E-state index in [4.69, 9.17) is 16.4 Å². The molecule has 0 radical (unpaired) electrons. The van der Waals surface area contributed by atoms with Gasteiger partial charge in [0.05, 0.1) is 16.3 Å². The molecule has 1 aromatic carbocycles. The summed E-state index contributed by atoms with van der Waals surface area (Å²) in [6, 6.07) is 6.68. The van der Waals surface area contributed by atoms with Crippen LogP contribution in [0.2, 0.25) is 5.02 Å². The Morgan fingerprint density at radius 2 is 1.89 bits per heavy atom. The van der Waals surface area contributed by atoms with Crippen LogP contribution in [0, 0.1) is 5.82 Å². The number of benzene rings is 1. The molecule has 0 atom stereocenters. The molecule has 36 heavy (non-hydrogen) atoms. The van der Waals surface area contributed by atoms with Crippen LogP contribution in [-0.2, 0) is 9.63 Å². The monoisotopic (exact) mass is 642 g/mol. The summed E-state index contributed by atoms with van der Waals surface area (Å²) in [4.78, 5) is 48.9. The van der Waals surface area contributed by atoms with Crippen LogP contribution in [0.1, 0.15) is 33.7 Å². The molecule has 0 unspecified atom stereocenters. The van der Waals surface area contributed by atoms with Crippen molar-refractivity contribution in [1.29, 1.82) is 0 Å². The lowest BCUT2D eigenvalue weighted by Gasteiger charge is -2.16. The van der Waals surface area contributed by atoms with Crippen molar-refractivity contribution in [3.8, 4) is 5.82 Å². The van der Waals surface area contributed by atoms with Crippen molar-refractivity contribution in [2.24, 2.45) is 0 Å². The van der Waals surface area contributed by atoms with Gasteiger partial charge in [0.1, 0.15) is 16.1 Å². The third kappa shape index (κ3) is 5.91. The summed E-state index contributed by atoms with van der Waals surface area (Å²) in [7, 11) is 0.